The average molecular weight is 222 g/mol. The molecular formula is C14H22O2. The van der Waals surface area contributed by atoms with Crippen LogP contribution in [0.25, 0.3) is 0 Å². The fraction of sp³-hybridized carbons (Fsp3) is 0.643. The Balaban J connectivity index is 2.54. The van der Waals surface area contributed by atoms with Crippen molar-refractivity contribution >= 4 is 5.97 Å². The second kappa shape index (κ2) is 5.88. The molecule has 0 saturated heterocycles. The Bertz CT molecular complexity index is 313. The van der Waals surface area contributed by atoms with E-state index >= 15 is 0 Å². The molecule has 0 N–H and O–H groups in total. The van der Waals surface area contributed by atoms with E-state index in [4.69, 9.17) is 4.74 Å². The molecule has 1 aliphatic rings. The van der Waals surface area contributed by atoms with Crippen LogP contribution in [0.5, 0.6) is 0 Å². The van der Waals surface area contributed by atoms with Crippen molar-refractivity contribution in [3.8, 4) is 0 Å². The highest BCUT2D eigenvalue weighted by Gasteiger charge is 2.23. The summed E-state index contributed by atoms with van der Waals surface area (Å²) in [5, 5.41) is 0. The Labute approximate surface area is 98.4 Å². The van der Waals surface area contributed by atoms with Crippen molar-refractivity contribution < 1.29 is 9.53 Å². The lowest BCUT2D eigenvalue weighted by atomic mass is 9.91. The summed E-state index contributed by atoms with van der Waals surface area (Å²) in [5.41, 5.74) is 4.08. The van der Waals surface area contributed by atoms with Crippen LogP contribution in [0.1, 0.15) is 46.5 Å². The second-order valence-corrected chi connectivity index (χ2v) is 4.55. The molecule has 0 aromatic heterocycles. The van der Waals surface area contributed by atoms with Gasteiger partial charge in [-0.1, -0.05) is 23.3 Å². The molecule has 2 heteroatoms. The second-order valence-electron chi connectivity index (χ2n) is 4.55. The quantitative estimate of drug-likeness (QED) is 0.524. The number of esters is 1. The predicted octanol–water partition coefficient (Wildman–Crippen LogP) is 3.63. The lowest BCUT2D eigenvalue weighted by molar-refractivity contribution is -0.143. The standard InChI is InChI=1S/C14H22O2/c1-5-16-14(15)9-8-13-11(4)6-7-12(13)10(2)3/h12H,2,5-9H2,1,3-4H3. The van der Waals surface area contributed by atoms with Crippen LogP contribution in [0.4, 0.5) is 0 Å². The zero-order valence-corrected chi connectivity index (χ0v) is 10.6. The summed E-state index contributed by atoms with van der Waals surface area (Å²) in [7, 11) is 0. The zero-order valence-electron chi connectivity index (χ0n) is 10.6. The van der Waals surface area contributed by atoms with E-state index in [1.54, 1.807) is 0 Å². The van der Waals surface area contributed by atoms with E-state index in [0.717, 1.165) is 12.8 Å². The SMILES string of the molecule is C=C(C)C1CCC(C)=C1CCC(=O)OCC. The minimum Gasteiger partial charge on any atom is -0.466 e. The first kappa shape index (κ1) is 13.0. The largest absolute Gasteiger partial charge is 0.466 e. The summed E-state index contributed by atoms with van der Waals surface area (Å²) in [6.07, 6.45) is 3.65. The van der Waals surface area contributed by atoms with Crippen molar-refractivity contribution in [2.24, 2.45) is 5.92 Å². The Hall–Kier alpha value is -1.05. The van der Waals surface area contributed by atoms with Gasteiger partial charge in [-0.15, -0.1) is 0 Å². The highest BCUT2D eigenvalue weighted by molar-refractivity contribution is 5.69. The summed E-state index contributed by atoms with van der Waals surface area (Å²) >= 11 is 0. The minimum absolute atomic E-state index is 0.0878. The number of hydrogen-bond donors (Lipinski definition) is 0. The molecule has 0 fully saturated rings. The zero-order chi connectivity index (χ0) is 12.1. The molecule has 2 nitrogen and oxygen atoms in total. The topological polar surface area (TPSA) is 26.3 Å². The molecule has 1 aliphatic carbocycles. The number of rotatable bonds is 5. The fourth-order valence-electron chi connectivity index (χ4n) is 2.39. The molecule has 1 rings (SSSR count). The van der Waals surface area contributed by atoms with E-state index in [1.807, 2.05) is 6.92 Å². The smallest absolute Gasteiger partial charge is 0.306 e. The maximum Gasteiger partial charge on any atom is 0.306 e. The van der Waals surface area contributed by atoms with Crippen LogP contribution in [0.15, 0.2) is 23.3 Å². The van der Waals surface area contributed by atoms with Gasteiger partial charge in [-0.05, 0) is 40.0 Å². The van der Waals surface area contributed by atoms with Gasteiger partial charge in [0, 0.05) is 12.3 Å². The monoisotopic (exact) mass is 222 g/mol. The molecule has 0 heterocycles. The lowest BCUT2D eigenvalue weighted by Crippen LogP contribution is -2.07. The summed E-state index contributed by atoms with van der Waals surface area (Å²) in [5.74, 6) is 0.407. The minimum atomic E-state index is -0.0878. The molecule has 0 aliphatic heterocycles. The Kier molecular flexibility index (Phi) is 4.78. The molecular weight excluding hydrogens is 200 g/mol. The predicted molar refractivity (Wildman–Crippen MR) is 66.1 cm³/mol. The van der Waals surface area contributed by atoms with Crippen molar-refractivity contribution in [3.63, 3.8) is 0 Å². The number of carbonyl (C=O) groups is 1. The van der Waals surface area contributed by atoms with E-state index < -0.39 is 0 Å². The van der Waals surface area contributed by atoms with E-state index in [1.165, 1.54) is 23.1 Å². The molecule has 0 radical (unpaired) electrons. The van der Waals surface area contributed by atoms with Gasteiger partial charge in [0.05, 0.1) is 6.61 Å². The van der Waals surface area contributed by atoms with Crippen molar-refractivity contribution in [1.29, 1.82) is 0 Å². The van der Waals surface area contributed by atoms with Crippen LogP contribution in [-0.2, 0) is 9.53 Å². The summed E-state index contributed by atoms with van der Waals surface area (Å²) < 4.78 is 4.95. The van der Waals surface area contributed by atoms with E-state index in [9.17, 15) is 4.79 Å². The van der Waals surface area contributed by atoms with Gasteiger partial charge in [0.25, 0.3) is 0 Å². The molecule has 16 heavy (non-hydrogen) atoms. The van der Waals surface area contributed by atoms with Crippen LogP contribution in [0, 0.1) is 5.92 Å². The van der Waals surface area contributed by atoms with Crippen LogP contribution < -0.4 is 0 Å². The molecule has 1 atom stereocenters. The third kappa shape index (κ3) is 3.22. The molecule has 90 valence electrons. The third-order valence-corrected chi connectivity index (χ3v) is 3.28. The normalized spacial score (nSPS) is 20.1. The van der Waals surface area contributed by atoms with Crippen LogP contribution in [-0.4, -0.2) is 12.6 Å². The number of carbonyl (C=O) groups excluding carboxylic acids is 1. The van der Waals surface area contributed by atoms with E-state index in [2.05, 4.69) is 20.4 Å². The van der Waals surface area contributed by atoms with Crippen LogP contribution in [0.3, 0.4) is 0 Å². The molecule has 1 unspecified atom stereocenters. The number of ether oxygens (including phenoxy) is 1. The molecule has 0 aromatic rings. The summed E-state index contributed by atoms with van der Waals surface area (Å²) in [6, 6.07) is 0. The van der Waals surface area contributed by atoms with Gasteiger partial charge < -0.3 is 4.74 Å². The van der Waals surface area contributed by atoms with Gasteiger partial charge in [-0.25, -0.2) is 0 Å². The van der Waals surface area contributed by atoms with Gasteiger partial charge in [0.2, 0.25) is 0 Å². The van der Waals surface area contributed by atoms with Gasteiger partial charge in [0.1, 0.15) is 0 Å². The number of hydrogen-bond acceptors (Lipinski definition) is 2. The van der Waals surface area contributed by atoms with E-state index in [-0.39, 0.29) is 5.97 Å². The van der Waals surface area contributed by atoms with Gasteiger partial charge in [-0.2, -0.15) is 0 Å². The number of allylic oxidation sites excluding steroid dienone is 3. The fourth-order valence-corrected chi connectivity index (χ4v) is 2.39. The van der Waals surface area contributed by atoms with E-state index in [0.29, 0.717) is 18.9 Å². The van der Waals surface area contributed by atoms with Crippen molar-refractivity contribution in [2.45, 2.75) is 46.5 Å². The highest BCUT2D eigenvalue weighted by atomic mass is 16.5. The maximum absolute atomic E-state index is 11.3. The lowest BCUT2D eigenvalue weighted by Gasteiger charge is -2.15. The Morgan fingerprint density at radius 2 is 2.25 bits per heavy atom. The first-order valence-electron chi connectivity index (χ1n) is 6.05. The molecule has 0 spiro atoms. The van der Waals surface area contributed by atoms with Crippen molar-refractivity contribution in [3.05, 3.63) is 23.3 Å². The molecule has 0 aromatic carbocycles. The first-order chi connectivity index (χ1) is 7.56. The maximum atomic E-state index is 11.3. The van der Waals surface area contributed by atoms with Crippen molar-refractivity contribution in [2.75, 3.05) is 6.61 Å². The first-order valence-corrected chi connectivity index (χ1v) is 6.05. The average Bonchev–Trinajstić information content (AvgIpc) is 2.57. The Morgan fingerprint density at radius 3 is 2.81 bits per heavy atom. The molecule has 0 bridgehead atoms. The van der Waals surface area contributed by atoms with Gasteiger partial charge in [-0.3, -0.25) is 4.79 Å². The summed E-state index contributed by atoms with van der Waals surface area (Å²) in [4.78, 5) is 11.3. The summed E-state index contributed by atoms with van der Waals surface area (Å²) in [6.45, 7) is 10.6. The third-order valence-electron chi connectivity index (χ3n) is 3.28. The van der Waals surface area contributed by atoms with Crippen LogP contribution >= 0.6 is 0 Å². The van der Waals surface area contributed by atoms with Gasteiger partial charge in [0.15, 0.2) is 0 Å². The highest BCUT2D eigenvalue weighted by Crippen LogP contribution is 2.38. The Morgan fingerprint density at radius 1 is 1.56 bits per heavy atom. The van der Waals surface area contributed by atoms with Crippen LogP contribution in [0.2, 0.25) is 0 Å². The molecule has 0 amide bonds. The van der Waals surface area contributed by atoms with Crippen molar-refractivity contribution in [1.82, 2.24) is 0 Å². The van der Waals surface area contributed by atoms with Gasteiger partial charge >= 0.3 is 5.97 Å². The molecule has 0 saturated carbocycles.